The van der Waals surface area contributed by atoms with Gasteiger partial charge in [-0.05, 0) is 103 Å². The molecule has 0 N–H and O–H groups in total. The van der Waals surface area contributed by atoms with Crippen LogP contribution in [-0.2, 0) is 16.0 Å². The topological polar surface area (TPSA) is 52.1 Å². The molecule has 5 heteroatoms. The maximum Gasteiger partial charge on any atom is 0.313 e. The number of pyridine rings is 2. The van der Waals surface area contributed by atoms with Gasteiger partial charge >= 0.3 is 5.97 Å². The van der Waals surface area contributed by atoms with E-state index in [1.165, 1.54) is 27.1 Å². The van der Waals surface area contributed by atoms with Crippen molar-refractivity contribution in [1.29, 1.82) is 0 Å². The van der Waals surface area contributed by atoms with Crippen LogP contribution >= 0.6 is 15.9 Å². The molecule has 0 bridgehead atoms. The molecule has 3 aromatic carbocycles. The van der Waals surface area contributed by atoms with Gasteiger partial charge in [0.1, 0.15) is 5.60 Å². The lowest BCUT2D eigenvalue weighted by Gasteiger charge is -2.29. The van der Waals surface area contributed by atoms with Crippen molar-refractivity contribution in [3.05, 3.63) is 94.7 Å². The number of nitrogens with zero attached hydrogens (tertiary/aromatic N) is 2. The number of rotatable bonds is 1. The normalized spacial score (nSPS) is 15.3. The van der Waals surface area contributed by atoms with Crippen LogP contribution in [-0.4, -0.2) is 21.5 Å². The fraction of sp³-hybridized carbons (Fsp3) is 0.258. The van der Waals surface area contributed by atoms with Crippen molar-refractivity contribution in [2.45, 2.75) is 51.6 Å². The number of ether oxygens (including phenoxy) is 1. The van der Waals surface area contributed by atoms with Crippen LogP contribution in [0.2, 0.25) is 0 Å². The molecule has 1 aliphatic carbocycles. The number of aromatic nitrogens is 2. The molecule has 0 spiro atoms. The van der Waals surface area contributed by atoms with Gasteiger partial charge in [0.2, 0.25) is 0 Å². The third kappa shape index (κ3) is 4.98. The Morgan fingerprint density at radius 3 is 2.22 bits per heavy atom. The number of aryl methyl sites for hydroxylation is 1. The summed E-state index contributed by atoms with van der Waals surface area (Å²) in [6.07, 6.45) is 6.38. The fourth-order valence-electron chi connectivity index (χ4n) is 4.98. The second-order valence-electron chi connectivity index (χ2n) is 10.2. The van der Waals surface area contributed by atoms with Crippen LogP contribution in [0.1, 0.15) is 50.7 Å². The summed E-state index contributed by atoms with van der Waals surface area (Å²) in [6, 6.07) is 22.8. The van der Waals surface area contributed by atoms with E-state index >= 15 is 0 Å². The lowest BCUT2D eigenvalue weighted by Crippen LogP contribution is -2.29. The monoisotopic (exact) mass is 540 g/mol. The second-order valence-corrected chi connectivity index (χ2v) is 11.0. The molecule has 1 atom stereocenters. The Hall–Kier alpha value is -3.31. The Labute approximate surface area is 219 Å². The average Bonchev–Trinajstić information content (AvgIpc) is 2.88. The van der Waals surface area contributed by atoms with Crippen molar-refractivity contribution < 1.29 is 9.53 Å². The van der Waals surface area contributed by atoms with Crippen LogP contribution in [0.25, 0.3) is 32.6 Å². The lowest BCUT2D eigenvalue weighted by atomic mass is 9.80. The largest absolute Gasteiger partial charge is 0.459 e. The highest BCUT2D eigenvalue weighted by molar-refractivity contribution is 9.10. The molecule has 2 heterocycles. The molecule has 4 nitrogen and oxygen atoms in total. The fourth-order valence-corrected chi connectivity index (χ4v) is 5.56. The van der Waals surface area contributed by atoms with Crippen LogP contribution in [0, 0.1) is 0 Å². The zero-order chi connectivity index (χ0) is 25.3. The maximum absolute atomic E-state index is 12.8. The van der Waals surface area contributed by atoms with Crippen molar-refractivity contribution in [3.8, 4) is 0 Å². The minimum absolute atomic E-state index is 0.0994. The van der Waals surface area contributed by atoms with E-state index in [-0.39, 0.29) is 11.9 Å². The molecular weight excluding hydrogens is 512 g/mol. The molecule has 0 saturated carbocycles. The number of carbonyl (C=O) groups is 1. The Morgan fingerprint density at radius 2 is 1.56 bits per heavy atom. The highest BCUT2D eigenvalue weighted by atomic mass is 79.9. The van der Waals surface area contributed by atoms with Crippen LogP contribution in [0.4, 0.5) is 0 Å². The molecule has 0 radical (unpaired) electrons. The van der Waals surface area contributed by atoms with E-state index in [0.29, 0.717) is 0 Å². The molecule has 36 heavy (non-hydrogen) atoms. The van der Waals surface area contributed by atoms with E-state index in [1.807, 2.05) is 45.0 Å². The molecular formula is C31H29BrN2O2. The number of hydrogen-bond acceptors (Lipinski definition) is 4. The van der Waals surface area contributed by atoms with Crippen LogP contribution < -0.4 is 0 Å². The summed E-state index contributed by atoms with van der Waals surface area (Å²) in [5.74, 6) is -0.259. The van der Waals surface area contributed by atoms with E-state index in [1.54, 1.807) is 12.4 Å². The summed E-state index contributed by atoms with van der Waals surface area (Å²) in [6.45, 7) is 5.79. The number of esters is 1. The Morgan fingerprint density at radius 1 is 0.889 bits per heavy atom. The van der Waals surface area contributed by atoms with Gasteiger partial charge < -0.3 is 4.74 Å². The number of hydrogen-bond donors (Lipinski definition) is 0. The van der Waals surface area contributed by atoms with Gasteiger partial charge in [-0.3, -0.25) is 4.79 Å². The third-order valence-corrected chi connectivity index (χ3v) is 7.16. The smallest absolute Gasteiger partial charge is 0.313 e. The van der Waals surface area contributed by atoms with Crippen LogP contribution in [0.5, 0.6) is 0 Å². The van der Waals surface area contributed by atoms with Crippen LogP contribution in [0.3, 0.4) is 0 Å². The zero-order valence-electron chi connectivity index (χ0n) is 20.8. The summed E-state index contributed by atoms with van der Waals surface area (Å²) < 4.78 is 6.80. The zero-order valence-corrected chi connectivity index (χ0v) is 22.4. The summed E-state index contributed by atoms with van der Waals surface area (Å²) in [5, 5.41) is 6.07. The minimum Gasteiger partial charge on any atom is -0.459 e. The van der Waals surface area contributed by atoms with Crippen molar-refractivity contribution in [3.63, 3.8) is 0 Å². The standard InChI is InChI=1S/C23H23BrO2.C8H6N2/c1-23(2,3)26-22(25)19-10-6-9-15-16(19)11-12-17-14-7-4-5-8-18(14)21(24)13-20(15)17;1-3-7-4-2-6-10-8(7)9-5-1/h4-5,7-8,11-13,19H,6,9-10H2,1-3H3;1-6H. The Kier molecular flexibility index (Phi) is 6.76. The minimum atomic E-state index is -0.454. The Balaban J connectivity index is 0.000000222. The predicted molar refractivity (Wildman–Crippen MR) is 150 cm³/mol. The van der Waals surface area contributed by atoms with E-state index in [4.69, 9.17) is 4.74 Å². The van der Waals surface area contributed by atoms with Crippen molar-refractivity contribution in [2.24, 2.45) is 0 Å². The lowest BCUT2D eigenvalue weighted by molar-refractivity contribution is -0.157. The summed E-state index contributed by atoms with van der Waals surface area (Å²) in [5.41, 5.74) is 2.80. The van der Waals surface area contributed by atoms with E-state index in [9.17, 15) is 4.79 Å². The van der Waals surface area contributed by atoms with Gasteiger partial charge in [0.05, 0.1) is 5.92 Å². The van der Waals surface area contributed by atoms with Gasteiger partial charge in [0.25, 0.3) is 0 Å². The first-order valence-corrected chi connectivity index (χ1v) is 13.1. The van der Waals surface area contributed by atoms with Crippen LogP contribution in [0.15, 0.2) is 83.6 Å². The molecule has 0 aliphatic heterocycles. The average molecular weight is 541 g/mol. The maximum atomic E-state index is 12.8. The summed E-state index contributed by atoms with van der Waals surface area (Å²) in [7, 11) is 0. The molecule has 5 aromatic rings. The number of halogens is 1. The van der Waals surface area contributed by atoms with Crippen molar-refractivity contribution >= 4 is 54.5 Å². The van der Waals surface area contributed by atoms with E-state index in [0.717, 1.165) is 40.3 Å². The van der Waals surface area contributed by atoms with Gasteiger partial charge in [-0.25, -0.2) is 9.97 Å². The van der Waals surface area contributed by atoms with Crippen molar-refractivity contribution in [2.75, 3.05) is 0 Å². The molecule has 182 valence electrons. The first kappa shape index (κ1) is 24.4. The van der Waals surface area contributed by atoms with Gasteiger partial charge in [0, 0.05) is 22.3 Å². The first-order chi connectivity index (χ1) is 17.3. The SMILES string of the molecule is CC(C)(C)OC(=O)C1CCCc2c1ccc1c2cc(Br)c2ccccc21.c1cnc2ncccc2c1. The first-order valence-electron chi connectivity index (χ1n) is 12.3. The predicted octanol–water partition coefficient (Wildman–Crippen LogP) is 8.15. The molecule has 0 saturated heterocycles. The van der Waals surface area contributed by atoms with Gasteiger partial charge in [-0.1, -0.05) is 52.3 Å². The Bertz CT molecular complexity index is 1510. The molecule has 2 aromatic heterocycles. The summed E-state index contributed by atoms with van der Waals surface area (Å²) >= 11 is 3.74. The van der Waals surface area contributed by atoms with E-state index < -0.39 is 5.60 Å². The molecule has 0 fully saturated rings. The highest BCUT2D eigenvalue weighted by Crippen LogP contribution is 2.41. The molecule has 1 unspecified atom stereocenters. The van der Waals surface area contributed by atoms with Gasteiger partial charge in [-0.15, -0.1) is 0 Å². The second kappa shape index (κ2) is 9.98. The van der Waals surface area contributed by atoms with Crippen molar-refractivity contribution in [1.82, 2.24) is 9.97 Å². The number of fused-ring (bicyclic) bond motifs is 6. The third-order valence-electron chi connectivity index (χ3n) is 6.50. The molecule has 1 aliphatic rings. The summed E-state index contributed by atoms with van der Waals surface area (Å²) in [4.78, 5) is 20.9. The quantitative estimate of drug-likeness (QED) is 0.159. The molecule has 6 rings (SSSR count). The number of carbonyl (C=O) groups excluding carboxylic acids is 1. The van der Waals surface area contributed by atoms with Gasteiger partial charge in [-0.2, -0.15) is 0 Å². The number of benzene rings is 3. The van der Waals surface area contributed by atoms with E-state index in [2.05, 4.69) is 68.4 Å². The highest BCUT2D eigenvalue weighted by Gasteiger charge is 2.31. The molecule has 0 amide bonds. The van der Waals surface area contributed by atoms with Gasteiger partial charge in [0.15, 0.2) is 5.65 Å².